The van der Waals surface area contributed by atoms with Crippen molar-refractivity contribution in [1.29, 1.82) is 0 Å². The molecule has 2 aromatic rings. The number of rotatable bonds is 3. The third-order valence-electron chi connectivity index (χ3n) is 3.63. The van der Waals surface area contributed by atoms with Crippen molar-refractivity contribution in [3.05, 3.63) is 46.2 Å². The number of hydrogen-bond donors (Lipinski definition) is 2. The highest BCUT2D eigenvalue weighted by molar-refractivity contribution is 7.12. The van der Waals surface area contributed by atoms with Crippen LogP contribution in [0.5, 0.6) is 0 Å². The molecule has 1 atom stereocenters. The highest BCUT2D eigenvalue weighted by Gasteiger charge is 2.20. The summed E-state index contributed by atoms with van der Waals surface area (Å²) in [6.45, 7) is 3.93. The maximum absolute atomic E-state index is 12.4. The van der Waals surface area contributed by atoms with Crippen molar-refractivity contribution < 1.29 is 4.79 Å². The number of nitrogens with one attached hydrogen (secondary N) is 2. The Balaban J connectivity index is 0.00000161. The Kier molecular flexibility index (Phi) is 5.39. The summed E-state index contributed by atoms with van der Waals surface area (Å²) in [5.74, 6) is 0.0456. The minimum atomic E-state index is 0. The minimum absolute atomic E-state index is 0. The average Bonchev–Trinajstić information content (AvgIpc) is 3.10. The van der Waals surface area contributed by atoms with E-state index in [-0.39, 0.29) is 24.4 Å². The number of aryl methyl sites for hydroxylation is 1. The van der Waals surface area contributed by atoms with E-state index in [0.717, 1.165) is 35.5 Å². The molecule has 21 heavy (non-hydrogen) atoms. The van der Waals surface area contributed by atoms with Crippen molar-refractivity contribution in [2.75, 3.05) is 13.1 Å². The lowest BCUT2D eigenvalue weighted by atomic mass is 10.0. The molecule has 3 nitrogen and oxygen atoms in total. The lowest BCUT2D eigenvalue weighted by Crippen LogP contribution is -2.35. The van der Waals surface area contributed by atoms with Gasteiger partial charge in [0.25, 0.3) is 5.91 Å². The summed E-state index contributed by atoms with van der Waals surface area (Å²) in [5, 5.41) is 8.36. The van der Waals surface area contributed by atoms with Crippen LogP contribution in [0, 0.1) is 6.92 Å². The zero-order valence-corrected chi connectivity index (χ0v) is 13.5. The van der Waals surface area contributed by atoms with E-state index in [0.29, 0.717) is 0 Å². The van der Waals surface area contributed by atoms with Gasteiger partial charge in [0, 0.05) is 18.2 Å². The minimum Gasteiger partial charge on any atom is -0.347 e. The second-order valence-electron chi connectivity index (χ2n) is 5.19. The van der Waals surface area contributed by atoms with Crippen LogP contribution >= 0.6 is 23.7 Å². The number of carbonyl (C=O) groups excluding carboxylic acids is 1. The van der Waals surface area contributed by atoms with Crippen molar-refractivity contribution in [3.63, 3.8) is 0 Å². The van der Waals surface area contributed by atoms with Crippen molar-refractivity contribution in [3.8, 4) is 11.1 Å². The van der Waals surface area contributed by atoms with E-state index in [2.05, 4.69) is 41.8 Å². The summed E-state index contributed by atoms with van der Waals surface area (Å²) in [7, 11) is 0. The fourth-order valence-corrected chi connectivity index (χ4v) is 3.29. The van der Waals surface area contributed by atoms with Gasteiger partial charge in [0.2, 0.25) is 0 Å². The molecule has 0 aliphatic carbocycles. The number of amides is 1. The average molecular weight is 323 g/mol. The van der Waals surface area contributed by atoms with Crippen molar-refractivity contribution in [2.45, 2.75) is 19.4 Å². The lowest BCUT2D eigenvalue weighted by molar-refractivity contribution is 0.0945. The standard InChI is InChI=1S/C16H18N2OS.ClH/c1-11-2-4-12(5-3-11)14-7-9-20-15(14)16(19)18-13-6-8-17-10-13;/h2-5,7,9,13,17H,6,8,10H2,1H3,(H,18,19);1H. The third-order valence-corrected chi connectivity index (χ3v) is 4.54. The van der Waals surface area contributed by atoms with E-state index >= 15 is 0 Å². The summed E-state index contributed by atoms with van der Waals surface area (Å²) in [6.07, 6.45) is 1.01. The van der Waals surface area contributed by atoms with Gasteiger partial charge in [-0.05, 0) is 36.9 Å². The topological polar surface area (TPSA) is 41.1 Å². The summed E-state index contributed by atoms with van der Waals surface area (Å²) in [5.41, 5.74) is 3.36. The van der Waals surface area contributed by atoms with Crippen LogP contribution in [-0.2, 0) is 0 Å². The molecule has 0 radical (unpaired) electrons. The SMILES string of the molecule is Cc1ccc(-c2ccsc2C(=O)NC2CCNC2)cc1.Cl. The van der Waals surface area contributed by atoms with E-state index in [1.54, 1.807) is 0 Å². The quantitative estimate of drug-likeness (QED) is 0.911. The van der Waals surface area contributed by atoms with Gasteiger partial charge >= 0.3 is 0 Å². The van der Waals surface area contributed by atoms with E-state index in [1.807, 2.05) is 11.4 Å². The summed E-state index contributed by atoms with van der Waals surface area (Å²) < 4.78 is 0. The molecule has 2 N–H and O–H groups in total. The van der Waals surface area contributed by atoms with Crippen LogP contribution in [0.1, 0.15) is 21.7 Å². The Morgan fingerprint density at radius 2 is 2.05 bits per heavy atom. The van der Waals surface area contributed by atoms with Crippen molar-refractivity contribution >= 4 is 29.7 Å². The second kappa shape index (κ2) is 7.07. The van der Waals surface area contributed by atoms with Crippen LogP contribution in [0.4, 0.5) is 0 Å². The molecule has 5 heteroatoms. The normalized spacial score (nSPS) is 17.3. The summed E-state index contributed by atoms with van der Waals surface area (Å²) in [4.78, 5) is 13.2. The third kappa shape index (κ3) is 3.64. The van der Waals surface area contributed by atoms with Gasteiger partial charge in [0.1, 0.15) is 0 Å². The van der Waals surface area contributed by atoms with E-state index in [1.165, 1.54) is 16.9 Å². The van der Waals surface area contributed by atoms with Gasteiger partial charge in [-0.1, -0.05) is 29.8 Å². The molecule has 1 aromatic heterocycles. The maximum Gasteiger partial charge on any atom is 0.262 e. The van der Waals surface area contributed by atoms with Crippen LogP contribution in [0.15, 0.2) is 35.7 Å². The van der Waals surface area contributed by atoms with Gasteiger partial charge in [-0.2, -0.15) is 0 Å². The molecule has 0 saturated carbocycles. The van der Waals surface area contributed by atoms with E-state index in [4.69, 9.17) is 0 Å². The summed E-state index contributed by atoms with van der Waals surface area (Å²) in [6, 6.07) is 10.6. The number of hydrogen-bond acceptors (Lipinski definition) is 3. The molecule has 112 valence electrons. The Morgan fingerprint density at radius 1 is 1.29 bits per heavy atom. The largest absolute Gasteiger partial charge is 0.347 e. The molecular weight excluding hydrogens is 304 g/mol. The predicted octanol–water partition coefficient (Wildman–Crippen LogP) is 3.24. The van der Waals surface area contributed by atoms with Crippen LogP contribution in [-0.4, -0.2) is 25.0 Å². The molecule has 1 fully saturated rings. The number of thiophene rings is 1. The molecule has 3 rings (SSSR count). The van der Waals surface area contributed by atoms with Gasteiger partial charge < -0.3 is 10.6 Å². The van der Waals surface area contributed by atoms with Gasteiger partial charge in [0.05, 0.1) is 4.88 Å². The van der Waals surface area contributed by atoms with Gasteiger partial charge in [-0.25, -0.2) is 0 Å². The Bertz CT molecular complexity index is 603. The van der Waals surface area contributed by atoms with Crippen LogP contribution in [0.3, 0.4) is 0 Å². The molecule has 2 heterocycles. The fourth-order valence-electron chi connectivity index (χ4n) is 2.47. The first-order chi connectivity index (χ1) is 9.74. The molecule has 1 aliphatic heterocycles. The Morgan fingerprint density at radius 3 is 2.71 bits per heavy atom. The van der Waals surface area contributed by atoms with Crippen LogP contribution < -0.4 is 10.6 Å². The maximum atomic E-state index is 12.4. The molecule has 1 saturated heterocycles. The highest BCUT2D eigenvalue weighted by Crippen LogP contribution is 2.28. The number of benzene rings is 1. The van der Waals surface area contributed by atoms with E-state index in [9.17, 15) is 4.79 Å². The van der Waals surface area contributed by atoms with Crippen LogP contribution in [0.2, 0.25) is 0 Å². The van der Waals surface area contributed by atoms with Crippen molar-refractivity contribution in [1.82, 2.24) is 10.6 Å². The smallest absolute Gasteiger partial charge is 0.262 e. The molecular formula is C16H19ClN2OS. The Hall–Kier alpha value is -1.36. The zero-order chi connectivity index (χ0) is 13.9. The first-order valence-electron chi connectivity index (χ1n) is 6.90. The zero-order valence-electron chi connectivity index (χ0n) is 11.9. The molecule has 1 unspecified atom stereocenters. The van der Waals surface area contributed by atoms with Crippen LogP contribution in [0.25, 0.3) is 11.1 Å². The highest BCUT2D eigenvalue weighted by atomic mass is 35.5. The molecule has 1 aromatic carbocycles. The predicted molar refractivity (Wildman–Crippen MR) is 90.5 cm³/mol. The van der Waals surface area contributed by atoms with Gasteiger partial charge in [0.15, 0.2) is 0 Å². The van der Waals surface area contributed by atoms with E-state index < -0.39 is 0 Å². The first kappa shape index (κ1) is 16.0. The Labute approximate surface area is 135 Å². The number of halogens is 1. The molecule has 0 bridgehead atoms. The molecule has 1 amide bonds. The number of carbonyl (C=O) groups is 1. The van der Waals surface area contributed by atoms with Gasteiger partial charge in [-0.3, -0.25) is 4.79 Å². The van der Waals surface area contributed by atoms with Gasteiger partial charge in [-0.15, -0.1) is 23.7 Å². The molecule has 0 spiro atoms. The summed E-state index contributed by atoms with van der Waals surface area (Å²) >= 11 is 1.51. The van der Waals surface area contributed by atoms with Crippen molar-refractivity contribution in [2.24, 2.45) is 0 Å². The lowest BCUT2D eigenvalue weighted by Gasteiger charge is -2.11. The first-order valence-corrected chi connectivity index (χ1v) is 7.78. The fraction of sp³-hybridized carbons (Fsp3) is 0.312. The monoisotopic (exact) mass is 322 g/mol. The molecule has 1 aliphatic rings. The second-order valence-corrected chi connectivity index (χ2v) is 6.11.